The largest absolute Gasteiger partial charge is 0.260 e. The number of thioether (sulfide) groups is 1. The molecular weight excluding hydrogens is 226 g/mol. The molecular formula is C15H17NS. The quantitative estimate of drug-likeness (QED) is 0.786. The summed E-state index contributed by atoms with van der Waals surface area (Å²) >= 11 is 2.08. The van der Waals surface area contributed by atoms with E-state index in [1.165, 1.54) is 34.2 Å². The first kappa shape index (κ1) is 11.1. The van der Waals surface area contributed by atoms with Gasteiger partial charge >= 0.3 is 0 Å². The molecule has 0 spiro atoms. The number of benzene rings is 1. The maximum Gasteiger partial charge on any atom is 0.0478 e. The second-order valence-electron chi connectivity index (χ2n) is 4.84. The van der Waals surface area contributed by atoms with Crippen molar-refractivity contribution in [3.05, 3.63) is 41.7 Å². The summed E-state index contributed by atoms with van der Waals surface area (Å²) in [6.07, 6.45) is 3.37. The SMILES string of the molecule is Cc1c(C(C)C2CCS2)ncc2ccccc12. The molecule has 1 aromatic carbocycles. The summed E-state index contributed by atoms with van der Waals surface area (Å²) in [5.74, 6) is 1.90. The van der Waals surface area contributed by atoms with Crippen molar-refractivity contribution in [2.75, 3.05) is 5.75 Å². The van der Waals surface area contributed by atoms with E-state index in [0.717, 1.165) is 5.25 Å². The summed E-state index contributed by atoms with van der Waals surface area (Å²) in [5.41, 5.74) is 2.66. The first-order valence-corrected chi connectivity index (χ1v) is 7.28. The predicted octanol–water partition coefficient (Wildman–Crippen LogP) is 4.15. The standard InChI is InChI=1S/C15H17NS/c1-10-13-6-4-3-5-12(13)9-16-15(10)11(2)14-7-8-17-14/h3-6,9,11,14H,7-8H2,1-2H3. The second-order valence-corrected chi connectivity index (χ2v) is 6.19. The average molecular weight is 243 g/mol. The number of fused-ring (bicyclic) bond motifs is 1. The van der Waals surface area contributed by atoms with Crippen molar-refractivity contribution in [2.45, 2.75) is 31.4 Å². The third-order valence-electron chi connectivity index (χ3n) is 3.82. The van der Waals surface area contributed by atoms with Gasteiger partial charge < -0.3 is 0 Å². The lowest BCUT2D eigenvalue weighted by molar-refractivity contribution is 0.639. The molecule has 2 aromatic rings. The van der Waals surface area contributed by atoms with Crippen LogP contribution in [-0.2, 0) is 0 Å². The van der Waals surface area contributed by atoms with Gasteiger partial charge in [0.05, 0.1) is 0 Å². The Labute approximate surface area is 107 Å². The third kappa shape index (κ3) is 1.85. The molecule has 2 heteroatoms. The zero-order valence-corrected chi connectivity index (χ0v) is 11.1. The predicted molar refractivity (Wildman–Crippen MR) is 75.8 cm³/mol. The molecule has 2 unspecified atom stereocenters. The van der Waals surface area contributed by atoms with E-state index in [0.29, 0.717) is 5.92 Å². The highest BCUT2D eigenvalue weighted by molar-refractivity contribution is 8.01. The molecule has 0 bridgehead atoms. The van der Waals surface area contributed by atoms with E-state index in [1.807, 2.05) is 6.20 Å². The lowest BCUT2D eigenvalue weighted by Crippen LogP contribution is -2.23. The lowest BCUT2D eigenvalue weighted by atomic mass is 9.94. The minimum atomic E-state index is 0.582. The number of aryl methyl sites for hydroxylation is 1. The molecule has 0 saturated carbocycles. The molecule has 0 N–H and O–H groups in total. The van der Waals surface area contributed by atoms with Crippen molar-refractivity contribution in [3.8, 4) is 0 Å². The van der Waals surface area contributed by atoms with Gasteiger partial charge in [-0.3, -0.25) is 4.98 Å². The Morgan fingerprint density at radius 3 is 2.82 bits per heavy atom. The van der Waals surface area contributed by atoms with Gasteiger partial charge in [-0.1, -0.05) is 31.2 Å². The van der Waals surface area contributed by atoms with Gasteiger partial charge in [-0.05, 0) is 30.0 Å². The number of hydrogen-bond donors (Lipinski definition) is 0. The summed E-state index contributed by atoms with van der Waals surface area (Å²) in [5, 5.41) is 3.39. The molecule has 0 amide bonds. The van der Waals surface area contributed by atoms with Crippen LogP contribution in [0.15, 0.2) is 30.5 Å². The maximum absolute atomic E-state index is 4.70. The zero-order chi connectivity index (χ0) is 11.8. The fraction of sp³-hybridized carbons (Fsp3) is 0.400. The highest BCUT2D eigenvalue weighted by Crippen LogP contribution is 2.40. The summed E-state index contributed by atoms with van der Waals surface area (Å²) in [4.78, 5) is 4.70. The molecule has 1 aliphatic rings. The molecule has 1 saturated heterocycles. The van der Waals surface area contributed by atoms with Gasteiger partial charge in [0, 0.05) is 28.4 Å². The van der Waals surface area contributed by atoms with Crippen LogP contribution >= 0.6 is 11.8 Å². The highest BCUT2D eigenvalue weighted by atomic mass is 32.2. The maximum atomic E-state index is 4.70. The van der Waals surface area contributed by atoms with Crippen LogP contribution in [0.5, 0.6) is 0 Å². The van der Waals surface area contributed by atoms with Crippen LogP contribution in [0, 0.1) is 6.92 Å². The minimum absolute atomic E-state index is 0.582. The molecule has 1 nitrogen and oxygen atoms in total. The van der Waals surface area contributed by atoms with Crippen LogP contribution < -0.4 is 0 Å². The van der Waals surface area contributed by atoms with E-state index in [1.54, 1.807) is 0 Å². The Morgan fingerprint density at radius 1 is 1.35 bits per heavy atom. The summed E-state index contributed by atoms with van der Waals surface area (Å²) in [6, 6.07) is 8.54. The van der Waals surface area contributed by atoms with Crippen LogP contribution in [0.2, 0.25) is 0 Å². The smallest absolute Gasteiger partial charge is 0.0478 e. The van der Waals surface area contributed by atoms with Gasteiger partial charge in [0.2, 0.25) is 0 Å². The van der Waals surface area contributed by atoms with Crippen molar-refractivity contribution in [1.29, 1.82) is 0 Å². The minimum Gasteiger partial charge on any atom is -0.260 e. The molecule has 2 heterocycles. The third-order valence-corrected chi connectivity index (χ3v) is 5.36. The second kappa shape index (κ2) is 4.34. The van der Waals surface area contributed by atoms with E-state index >= 15 is 0 Å². The van der Waals surface area contributed by atoms with Crippen LogP contribution in [0.3, 0.4) is 0 Å². The lowest BCUT2D eigenvalue weighted by Gasteiger charge is -2.31. The van der Waals surface area contributed by atoms with E-state index in [4.69, 9.17) is 4.98 Å². The van der Waals surface area contributed by atoms with Crippen molar-refractivity contribution in [2.24, 2.45) is 0 Å². The van der Waals surface area contributed by atoms with E-state index < -0.39 is 0 Å². The van der Waals surface area contributed by atoms with Crippen LogP contribution in [0.4, 0.5) is 0 Å². The molecule has 17 heavy (non-hydrogen) atoms. The molecule has 2 atom stereocenters. The normalized spacial score (nSPS) is 21.2. The van der Waals surface area contributed by atoms with Crippen molar-refractivity contribution >= 4 is 22.5 Å². The van der Waals surface area contributed by atoms with Gasteiger partial charge in [-0.15, -0.1) is 0 Å². The summed E-state index contributed by atoms with van der Waals surface area (Å²) < 4.78 is 0. The Bertz CT molecular complexity index is 546. The molecule has 1 fully saturated rings. The van der Waals surface area contributed by atoms with E-state index in [9.17, 15) is 0 Å². The van der Waals surface area contributed by atoms with Crippen LogP contribution in [0.1, 0.15) is 30.5 Å². The topological polar surface area (TPSA) is 12.9 Å². The zero-order valence-electron chi connectivity index (χ0n) is 10.3. The van der Waals surface area contributed by atoms with Gasteiger partial charge in [0.25, 0.3) is 0 Å². The summed E-state index contributed by atoms with van der Waals surface area (Å²) in [6.45, 7) is 4.53. The number of hydrogen-bond acceptors (Lipinski definition) is 2. The Balaban J connectivity index is 2.07. The number of aromatic nitrogens is 1. The van der Waals surface area contributed by atoms with Crippen molar-refractivity contribution < 1.29 is 0 Å². The Hall–Kier alpha value is -1.02. The monoisotopic (exact) mass is 243 g/mol. The molecule has 0 aliphatic carbocycles. The molecule has 0 radical (unpaired) electrons. The van der Waals surface area contributed by atoms with Gasteiger partial charge in [0.15, 0.2) is 0 Å². The molecule has 88 valence electrons. The summed E-state index contributed by atoms with van der Waals surface area (Å²) in [7, 11) is 0. The van der Waals surface area contributed by atoms with Crippen LogP contribution in [-0.4, -0.2) is 16.0 Å². The van der Waals surface area contributed by atoms with Gasteiger partial charge in [-0.25, -0.2) is 0 Å². The highest BCUT2D eigenvalue weighted by Gasteiger charge is 2.27. The number of rotatable bonds is 2. The number of pyridine rings is 1. The molecule has 1 aliphatic heterocycles. The molecule has 3 rings (SSSR count). The first-order chi connectivity index (χ1) is 8.27. The fourth-order valence-electron chi connectivity index (χ4n) is 2.61. The number of nitrogens with zero attached hydrogens (tertiary/aromatic N) is 1. The Morgan fingerprint density at radius 2 is 2.12 bits per heavy atom. The molecule has 1 aromatic heterocycles. The van der Waals surface area contributed by atoms with Crippen molar-refractivity contribution in [1.82, 2.24) is 4.98 Å². The van der Waals surface area contributed by atoms with Gasteiger partial charge in [0.1, 0.15) is 0 Å². The Kier molecular flexibility index (Phi) is 2.83. The van der Waals surface area contributed by atoms with Gasteiger partial charge in [-0.2, -0.15) is 11.8 Å². The van der Waals surface area contributed by atoms with E-state index in [-0.39, 0.29) is 0 Å². The first-order valence-electron chi connectivity index (χ1n) is 6.23. The average Bonchev–Trinajstić information content (AvgIpc) is 2.27. The van der Waals surface area contributed by atoms with E-state index in [2.05, 4.69) is 49.9 Å². The van der Waals surface area contributed by atoms with Crippen molar-refractivity contribution in [3.63, 3.8) is 0 Å². The van der Waals surface area contributed by atoms with Crippen LogP contribution in [0.25, 0.3) is 10.8 Å². The fourth-order valence-corrected chi connectivity index (χ4v) is 3.53.